The second-order valence-corrected chi connectivity index (χ2v) is 14.9. The third kappa shape index (κ3) is 8.11. The number of rotatable bonds is 7. The van der Waals surface area contributed by atoms with Crippen molar-refractivity contribution < 1.29 is 18.4 Å². The van der Waals surface area contributed by atoms with Gasteiger partial charge < -0.3 is 33.8 Å². The number of aromatic nitrogens is 3. The van der Waals surface area contributed by atoms with Crippen molar-refractivity contribution in [3.05, 3.63) is 135 Å². The highest BCUT2D eigenvalue weighted by Gasteiger charge is 2.31. The summed E-state index contributed by atoms with van der Waals surface area (Å²) in [5.74, 6) is -0.141. The summed E-state index contributed by atoms with van der Waals surface area (Å²) in [7, 11) is 0. The second-order valence-electron chi connectivity index (χ2n) is 13.2. The van der Waals surface area contributed by atoms with Crippen molar-refractivity contribution in [2.45, 2.75) is 24.9 Å². The minimum absolute atomic E-state index is 0.0305. The van der Waals surface area contributed by atoms with Crippen molar-refractivity contribution in [1.82, 2.24) is 24.3 Å². The molecule has 2 fully saturated rings. The number of hydrogen-bond donors (Lipinski definition) is 2. The van der Waals surface area contributed by atoms with E-state index in [0.717, 1.165) is 29.6 Å². The number of carbonyl (C=O) groups is 2. The molecule has 2 atom stereocenters. The summed E-state index contributed by atoms with van der Waals surface area (Å²) in [5.41, 5.74) is 4.66. The Morgan fingerprint density at radius 3 is 1.73 bits per heavy atom. The lowest BCUT2D eigenvalue weighted by Gasteiger charge is -2.19. The minimum Gasteiger partial charge on any atom is -0.423 e. The molecule has 0 saturated carbocycles. The first-order chi connectivity index (χ1) is 26.7. The van der Waals surface area contributed by atoms with Crippen LogP contribution in [-0.4, -0.2) is 74.4 Å². The summed E-state index contributed by atoms with van der Waals surface area (Å²) < 4.78 is 13.4. The Bertz CT molecular complexity index is 2480. The van der Waals surface area contributed by atoms with Crippen molar-refractivity contribution >= 4 is 92.4 Å². The number of para-hydroxylation sites is 1. The molecular weight excluding hydrogens is 784 g/mol. The van der Waals surface area contributed by atoms with E-state index < -0.39 is 0 Å². The quantitative estimate of drug-likeness (QED) is 0.163. The van der Waals surface area contributed by atoms with E-state index in [1.165, 1.54) is 0 Å². The van der Waals surface area contributed by atoms with Crippen LogP contribution in [0, 0.1) is 0 Å². The topological polar surface area (TPSA) is 122 Å². The van der Waals surface area contributed by atoms with Crippen LogP contribution in [0.25, 0.3) is 27.9 Å². The predicted octanol–water partition coefficient (Wildman–Crippen LogP) is 9.71. The molecule has 2 amide bonds. The van der Waals surface area contributed by atoms with Crippen LogP contribution in [0.5, 0.6) is 0 Å². The van der Waals surface area contributed by atoms with Gasteiger partial charge in [0.25, 0.3) is 23.8 Å². The number of nitrogens with one attached hydrogen (secondary N) is 2. The molecule has 0 aliphatic carbocycles. The van der Waals surface area contributed by atoms with Gasteiger partial charge in [0.15, 0.2) is 11.2 Å². The van der Waals surface area contributed by atoms with Crippen molar-refractivity contribution in [1.29, 1.82) is 0 Å². The summed E-state index contributed by atoms with van der Waals surface area (Å²) in [6.07, 6.45) is 5.49. The molecule has 7 aromatic rings. The molecule has 2 aliphatic rings. The zero-order valence-corrected chi connectivity index (χ0v) is 32.1. The Kier molecular flexibility index (Phi) is 10.6. The molecule has 2 saturated heterocycles. The minimum atomic E-state index is -0.172. The molecule has 11 nitrogen and oxygen atoms in total. The van der Waals surface area contributed by atoms with Crippen molar-refractivity contribution in [2.75, 3.05) is 36.8 Å². The largest absolute Gasteiger partial charge is 0.423 e. The molecule has 3 aromatic heterocycles. The van der Waals surface area contributed by atoms with Crippen LogP contribution >= 0.6 is 46.4 Å². The number of likely N-dealkylation sites (tertiary alicyclic amines) is 2. The van der Waals surface area contributed by atoms with Gasteiger partial charge in [0.2, 0.25) is 0 Å². The molecule has 0 bridgehead atoms. The second kappa shape index (κ2) is 15.9. The van der Waals surface area contributed by atoms with Gasteiger partial charge in [0.05, 0.1) is 26.9 Å². The Labute approximate surface area is 335 Å². The lowest BCUT2D eigenvalue weighted by Crippen LogP contribution is -2.32. The fraction of sp³-hybridized carbons (Fsp3) is 0.200. The molecule has 15 heteroatoms. The van der Waals surface area contributed by atoms with Gasteiger partial charge in [-0.15, -0.1) is 0 Å². The van der Waals surface area contributed by atoms with E-state index >= 15 is 0 Å². The number of anilines is 2. The van der Waals surface area contributed by atoms with Gasteiger partial charge in [-0.2, -0.15) is 9.97 Å². The highest BCUT2D eigenvalue weighted by molar-refractivity contribution is 6.39. The molecule has 280 valence electrons. The van der Waals surface area contributed by atoms with Crippen LogP contribution in [0.15, 0.2) is 112 Å². The van der Waals surface area contributed by atoms with E-state index in [4.69, 9.17) is 55.2 Å². The number of halogens is 4. The van der Waals surface area contributed by atoms with Gasteiger partial charge in [0.1, 0.15) is 11.0 Å². The molecule has 5 heterocycles. The van der Waals surface area contributed by atoms with E-state index in [9.17, 15) is 9.59 Å². The average molecular weight is 818 g/mol. The normalized spacial score (nSPS) is 16.7. The van der Waals surface area contributed by atoms with E-state index in [-0.39, 0.29) is 23.9 Å². The molecule has 55 heavy (non-hydrogen) atoms. The Morgan fingerprint density at radius 1 is 0.636 bits per heavy atom. The summed E-state index contributed by atoms with van der Waals surface area (Å²) in [4.78, 5) is 38.4. The Hall–Kier alpha value is -5.20. The maximum Gasteiger partial charge on any atom is 0.295 e. The van der Waals surface area contributed by atoms with Gasteiger partial charge in [-0.3, -0.25) is 9.59 Å². The highest BCUT2D eigenvalue weighted by Crippen LogP contribution is 2.29. The zero-order chi connectivity index (χ0) is 38.1. The van der Waals surface area contributed by atoms with Crippen LogP contribution in [0.3, 0.4) is 0 Å². The third-order valence-electron chi connectivity index (χ3n) is 9.50. The van der Waals surface area contributed by atoms with E-state index in [0.29, 0.717) is 80.6 Å². The van der Waals surface area contributed by atoms with Crippen LogP contribution in [0.1, 0.15) is 33.6 Å². The first kappa shape index (κ1) is 36.8. The van der Waals surface area contributed by atoms with Gasteiger partial charge in [-0.25, -0.2) is 0 Å². The first-order valence-electron chi connectivity index (χ1n) is 17.6. The SMILES string of the molecule is O=C(c1c(Cl)cccc1Cl)N1CC[C@@H](Nc2nc3ccc(Cl)cc3o2)C1.O=C(c1ccccc1-n1cccc1)N1CC[C@@H](Nc2nc3ccc(Cl)cc3o2)C1. The molecule has 0 spiro atoms. The molecule has 2 N–H and O–H groups in total. The van der Waals surface area contributed by atoms with Crippen LogP contribution in [0.4, 0.5) is 12.0 Å². The summed E-state index contributed by atoms with van der Waals surface area (Å²) >= 11 is 24.3. The first-order valence-corrected chi connectivity index (χ1v) is 19.1. The predicted molar refractivity (Wildman–Crippen MR) is 216 cm³/mol. The van der Waals surface area contributed by atoms with Crippen molar-refractivity contribution in [3.8, 4) is 5.69 Å². The van der Waals surface area contributed by atoms with Gasteiger partial charge in [-0.1, -0.05) is 64.6 Å². The van der Waals surface area contributed by atoms with Gasteiger partial charge in [-0.05, 0) is 73.5 Å². The number of carbonyl (C=O) groups excluding carboxylic acids is 2. The van der Waals surface area contributed by atoms with Crippen LogP contribution in [0.2, 0.25) is 20.1 Å². The third-order valence-corrected chi connectivity index (χ3v) is 10.6. The molecular formula is C40H33Cl4N7O4. The molecule has 9 rings (SSSR count). The summed E-state index contributed by atoms with van der Waals surface area (Å²) in [6.45, 7) is 2.39. The lowest BCUT2D eigenvalue weighted by molar-refractivity contribution is 0.0784. The van der Waals surface area contributed by atoms with Crippen LogP contribution < -0.4 is 10.6 Å². The fourth-order valence-corrected chi connectivity index (χ4v) is 7.68. The molecule has 0 radical (unpaired) electrons. The van der Waals surface area contributed by atoms with E-state index in [1.54, 1.807) is 53.4 Å². The lowest BCUT2D eigenvalue weighted by atomic mass is 10.1. The van der Waals surface area contributed by atoms with Crippen molar-refractivity contribution in [2.24, 2.45) is 0 Å². The number of fused-ring (bicyclic) bond motifs is 2. The van der Waals surface area contributed by atoms with E-state index in [1.807, 2.05) is 64.3 Å². The number of hydrogen-bond acceptors (Lipinski definition) is 8. The number of benzene rings is 4. The highest BCUT2D eigenvalue weighted by atomic mass is 35.5. The van der Waals surface area contributed by atoms with Gasteiger partial charge in [0, 0.05) is 72.8 Å². The standard InChI is InChI=1S/C22H19ClN4O2.C18H14Cl3N3O2/c23-15-7-8-18-20(13-15)29-22(25-18)24-16-9-12-27(14-16)21(28)17-5-1-2-6-19(17)26-10-3-4-11-26;19-10-4-5-14-15(8-10)26-18(23-14)22-11-6-7-24(9-11)17(25)16-12(20)2-1-3-13(16)21/h1-8,10-11,13,16H,9,12,14H2,(H,24,25);1-5,8,11H,6-7,9H2,(H,22,23)/t16-;11-/m11/s1. The maximum absolute atomic E-state index is 13.2. The Balaban J connectivity index is 0.000000156. The van der Waals surface area contributed by atoms with Crippen molar-refractivity contribution in [3.63, 3.8) is 0 Å². The van der Waals surface area contributed by atoms with E-state index in [2.05, 4.69) is 20.6 Å². The van der Waals surface area contributed by atoms with Gasteiger partial charge >= 0.3 is 0 Å². The molecule has 2 aliphatic heterocycles. The van der Waals surface area contributed by atoms with Crippen LogP contribution in [-0.2, 0) is 0 Å². The number of amides is 2. The molecule has 0 unspecified atom stereocenters. The maximum atomic E-state index is 13.2. The number of nitrogens with zero attached hydrogens (tertiary/aromatic N) is 5. The number of oxazole rings is 2. The Morgan fingerprint density at radius 2 is 1.16 bits per heavy atom. The summed E-state index contributed by atoms with van der Waals surface area (Å²) in [6, 6.07) is 28.3. The zero-order valence-electron chi connectivity index (χ0n) is 29.1. The average Bonchev–Trinajstić information content (AvgIpc) is 4.03. The molecule has 4 aromatic carbocycles. The summed E-state index contributed by atoms with van der Waals surface area (Å²) in [5, 5.41) is 8.46. The smallest absolute Gasteiger partial charge is 0.295 e. The fourth-order valence-electron chi connectivity index (χ4n) is 6.80. The monoisotopic (exact) mass is 815 g/mol.